The van der Waals surface area contributed by atoms with Crippen LogP contribution in [0.1, 0.15) is 5.76 Å². The van der Waals surface area contributed by atoms with E-state index in [-0.39, 0.29) is 0 Å². The van der Waals surface area contributed by atoms with Gasteiger partial charge in [-0.1, -0.05) is 11.6 Å². The maximum Gasteiger partial charge on any atom is 0.193 e. The van der Waals surface area contributed by atoms with Crippen molar-refractivity contribution < 1.29 is 4.42 Å². The van der Waals surface area contributed by atoms with Crippen LogP contribution in [-0.2, 0) is 6.54 Å². The average molecular weight is 285 g/mol. The molecule has 0 atom stereocenters. The van der Waals surface area contributed by atoms with Gasteiger partial charge in [0.05, 0.1) is 17.9 Å². The van der Waals surface area contributed by atoms with E-state index in [9.17, 15) is 0 Å². The highest BCUT2D eigenvalue weighted by atomic mass is 35.5. The van der Waals surface area contributed by atoms with Gasteiger partial charge in [0.25, 0.3) is 0 Å². The minimum absolute atomic E-state index is 0.394. The van der Waals surface area contributed by atoms with Gasteiger partial charge in [-0.2, -0.15) is 0 Å². The number of benzene rings is 1. The molecule has 0 saturated heterocycles. The largest absolute Gasteiger partial charge is 0.448 e. The quantitative estimate of drug-likeness (QED) is 0.909. The number of hydrogen-bond acceptors (Lipinski definition) is 3. The number of nitrogens with zero attached hydrogens (tertiary/aromatic N) is 1. The molecule has 96 valence electrons. The fraction of sp³-hybridized carbons (Fsp3) is 0.231. The number of furan rings is 1. The lowest BCUT2D eigenvalue weighted by atomic mass is 10.2. The van der Waals surface area contributed by atoms with Crippen LogP contribution in [0.25, 0.3) is 0 Å². The molecule has 0 aliphatic carbocycles. The molecule has 0 aliphatic rings. The van der Waals surface area contributed by atoms with Crippen LogP contribution in [-0.4, -0.2) is 14.1 Å². The van der Waals surface area contributed by atoms with Crippen LogP contribution in [0.2, 0.25) is 10.2 Å². The molecule has 0 unspecified atom stereocenters. The molecule has 1 aromatic carbocycles. The van der Waals surface area contributed by atoms with E-state index in [0.717, 1.165) is 17.1 Å². The number of halogens is 2. The summed E-state index contributed by atoms with van der Waals surface area (Å²) in [5, 5.41) is 4.38. The predicted molar refractivity (Wildman–Crippen MR) is 76.8 cm³/mol. The van der Waals surface area contributed by atoms with E-state index in [2.05, 4.69) is 5.32 Å². The fourth-order valence-electron chi connectivity index (χ4n) is 1.67. The van der Waals surface area contributed by atoms with Gasteiger partial charge in [0, 0.05) is 19.1 Å². The van der Waals surface area contributed by atoms with E-state index >= 15 is 0 Å². The Kier molecular flexibility index (Phi) is 4.04. The van der Waals surface area contributed by atoms with Gasteiger partial charge in [-0.3, -0.25) is 0 Å². The van der Waals surface area contributed by atoms with Crippen molar-refractivity contribution in [1.82, 2.24) is 0 Å². The van der Waals surface area contributed by atoms with Crippen molar-refractivity contribution in [3.63, 3.8) is 0 Å². The molecular formula is C13H14Cl2N2O. The molecular weight excluding hydrogens is 271 g/mol. The summed E-state index contributed by atoms with van der Waals surface area (Å²) in [5.74, 6) is 0.782. The van der Waals surface area contributed by atoms with Crippen LogP contribution in [0.3, 0.4) is 0 Å². The van der Waals surface area contributed by atoms with Crippen molar-refractivity contribution in [3.8, 4) is 0 Å². The zero-order valence-corrected chi connectivity index (χ0v) is 11.7. The highest BCUT2D eigenvalue weighted by Crippen LogP contribution is 2.28. The minimum Gasteiger partial charge on any atom is -0.448 e. The lowest BCUT2D eigenvalue weighted by molar-refractivity contribution is 0.520. The number of nitrogens with one attached hydrogen (secondary N) is 1. The van der Waals surface area contributed by atoms with Crippen molar-refractivity contribution in [3.05, 3.63) is 46.3 Å². The first-order valence-electron chi connectivity index (χ1n) is 5.51. The third kappa shape index (κ3) is 3.12. The third-order valence-electron chi connectivity index (χ3n) is 2.52. The molecule has 1 N–H and O–H groups in total. The Hall–Kier alpha value is -1.32. The summed E-state index contributed by atoms with van der Waals surface area (Å²) < 4.78 is 5.29. The van der Waals surface area contributed by atoms with Crippen LogP contribution in [0.4, 0.5) is 11.4 Å². The van der Waals surface area contributed by atoms with Gasteiger partial charge in [-0.15, -0.1) is 0 Å². The smallest absolute Gasteiger partial charge is 0.193 e. The van der Waals surface area contributed by atoms with Crippen molar-refractivity contribution in [2.24, 2.45) is 0 Å². The maximum atomic E-state index is 6.00. The first-order chi connectivity index (χ1) is 8.56. The Labute approximate surface area is 116 Å². The second-order valence-corrected chi connectivity index (χ2v) is 4.92. The molecule has 1 heterocycles. The van der Waals surface area contributed by atoms with Crippen molar-refractivity contribution in [1.29, 1.82) is 0 Å². The van der Waals surface area contributed by atoms with Gasteiger partial charge in [-0.25, -0.2) is 0 Å². The second-order valence-electron chi connectivity index (χ2n) is 4.12. The topological polar surface area (TPSA) is 28.4 Å². The zero-order chi connectivity index (χ0) is 13.1. The van der Waals surface area contributed by atoms with E-state index in [1.807, 2.05) is 43.3 Å². The van der Waals surface area contributed by atoms with Crippen LogP contribution in [0.5, 0.6) is 0 Å². The number of hydrogen-bond donors (Lipinski definition) is 1. The molecule has 0 spiro atoms. The molecule has 0 amide bonds. The van der Waals surface area contributed by atoms with E-state index in [4.69, 9.17) is 27.6 Å². The van der Waals surface area contributed by atoms with Gasteiger partial charge < -0.3 is 14.6 Å². The Balaban J connectivity index is 2.15. The average Bonchev–Trinajstić information content (AvgIpc) is 2.72. The van der Waals surface area contributed by atoms with Crippen molar-refractivity contribution in [2.45, 2.75) is 6.54 Å². The Morgan fingerprint density at radius 1 is 1.17 bits per heavy atom. The second kappa shape index (κ2) is 5.55. The van der Waals surface area contributed by atoms with Gasteiger partial charge in [0.2, 0.25) is 0 Å². The molecule has 0 saturated carbocycles. The molecule has 5 heteroatoms. The molecule has 18 heavy (non-hydrogen) atoms. The van der Waals surface area contributed by atoms with E-state index in [1.165, 1.54) is 0 Å². The monoisotopic (exact) mass is 284 g/mol. The van der Waals surface area contributed by atoms with Gasteiger partial charge >= 0.3 is 0 Å². The summed E-state index contributed by atoms with van der Waals surface area (Å²) in [6.07, 6.45) is 0. The van der Waals surface area contributed by atoms with Gasteiger partial charge in [0.15, 0.2) is 5.22 Å². The van der Waals surface area contributed by atoms with E-state index in [0.29, 0.717) is 16.8 Å². The van der Waals surface area contributed by atoms with Crippen LogP contribution in [0, 0.1) is 0 Å². The summed E-state index contributed by atoms with van der Waals surface area (Å²) in [7, 11) is 3.97. The molecule has 3 nitrogen and oxygen atoms in total. The standard InChI is InChI=1S/C13H14Cl2N2O/c1-17(2)12-5-3-9(14)7-11(12)16-8-10-4-6-13(15)18-10/h3-7,16H,8H2,1-2H3. The molecule has 2 aromatic rings. The van der Waals surface area contributed by atoms with Crippen molar-refractivity contribution >= 4 is 34.6 Å². The maximum absolute atomic E-state index is 6.00. The summed E-state index contributed by atoms with van der Waals surface area (Å²) in [6, 6.07) is 9.30. The van der Waals surface area contributed by atoms with E-state index < -0.39 is 0 Å². The molecule has 1 aromatic heterocycles. The lowest BCUT2D eigenvalue weighted by Gasteiger charge is -2.18. The Morgan fingerprint density at radius 2 is 1.94 bits per heavy atom. The molecule has 2 rings (SSSR count). The first-order valence-corrected chi connectivity index (χ1v) is 6.27. The van der Waals surface area contributed by atoms with Crippen LogP contribution >= 0.6 is 23.2 Å². The predicted octanol–water partition coefficient (Wildman–Crippen LogP) is 4.26. The zero-order valence-electron chi connectivity index (χ0n) is 10.2. The van der Waals surface area contributed by atoms with Crippen molar-refractivity contribution in [2.75, 3.05) is 24.3 Å². The lowest BCUT2D eigenvalue weighted by Crippen LogP contribution is -2.12. The van der Waals surface area contributed by atoms with Gasteiger partial charge in [-0.05, 0) is 41.9 Å². The fourth-order valence-corrected chi connectivity index (χ4v) is 2.00. The van der Waals surface area contributed by atoms with Crippen LogP contribution in [0.15, 0.2) is 34.7 Å². The first kappa shape index (κ1) is 13.1. The summed E-state index contributed by atoms with van der Waals surface area (Å²) in [6.45, 7) is 0.563. The normalized spacial score (nSPS) is 10.4. The highest BCUT2D eigenvalue weighted by molar-refractivity contribution is 6.31. The third-order valence-corrected chi connectivity index (χ3v) is 2.96. The molecule has 0 bridgehead atoms. The summed E-state index contributed by atoms with van der Waals surface area (Å²) >= 11 is 11.7. The van der Waals surface area contributed by atoms with Crippen LogP contribution < -0.4 is 10.2 Å². The van der Waals surface area contributed by atoms with Gasteiger partial charge in [0.1, 0.15) is 5.76 Å². The SMILES string of the molecule is CN(C)c1ccc(Cl)cc1NCc1ccc(Cl)o1. The summed E-state index contributed by atoms with van der Waals surface area (Å²) in [5.41, 5.74) is 2.03. The number of rotatable bonds is 4. The molecule has 0 aliphatic heterocycles. The molecule has 0 radical (unpaired) electrons. The Morgan fingerprint density at radius 3 is 2.56 bits per heavy atom. The molecule has 0 fully saturated rings. The number of anilines is 2. The minimum atomic E-state index is 0.394. The summed E-state index contributed by atoms with van der Waals surface area (Å²) in [4.78, 5) is 2.02. The highest BCUT2D eigenvalue weighted by Gasteiger charge is 2.06. The van der Waals surface area contributed by atoms with E-state index in [1.54, 1.807) is 6.07 Å². The Bertz CT molecular complexity index is 538.